The average molecular weight is 373 g/mol. The molecule has 1 aliphatic heterocycles. The number of nitrogens with one attached hydrogen (secondary N) is 1. The Morgan fingerprint density at radius 2 is 1.89 bits per heavy atom. The second-order valence-electron chi connectivity index (χ2n) is 6.37. The van der Waals surface area contributed by atoms with Crippen molar-refractivity contribution in [2.45, 2.75) is 6.92 Å². The van der Waals surface area contributed by atoms with Crippen LogP contribution in [0.15, 0.2) is 30.3 Å². The van der Waals surface area contributed by atoms with E-state index >= 15 is 0 Å². The van der Waals surface area contributed by atoms with Crippen molar-refractivity contribution in [1.29, 1.82) is 0 Å². The molecule has 27 heavy (non-hydrogen) atoms. The highest BCUT2D eigenvalue weighted by Gasteiger charge is 2.22. The van der Waals surface area contributed by atoms with Crippen LogP contribution in [0.2, 0.25) is 0 Å². The highest BCUT2D eigenvalue weighted by molar-refractivity contribution is 5.92. The summed E-state index contributed by atoms with van der Waals surface area (Å²) < 4.78 is 18.9. The van der Waals surface area contributed by atoms with Gasteiger partial charge in [0.05, 0.1) is 12.3 Å². The summed E-state index contributed by atoms with van der Waals surface area (Å²) in [6, 6.07) is 8.45. The summed E-state index contributed by atoms with van der Waals surface area (Å²) in [6.07, 6.45) is 0. The molecule has 1 aliphatic rings. The molecule has 1 saturated heterocycles. The number of carbonyl (C=O) groups excluding carboxylic acids is 1. The van der Waals surface area contributed by atoms with Gasteiger partial charge >= 0.3 is 0 Å². The van der Waals surface area contributed by atoms with Gasteiger partial charge in [-0.05, 0) is 25.1 Å². The number of nitrogens with zero attached hydrogens (tertiary/aromatic N) is 4. The van der Waals surface area contributed by atoms with Crippen LogP contribution in [0.3, 0.4) is 0 Å². The lowest BCUT2D eigenvalue weighted by molar-refractivity contribution is 0.0932. The van der Waals surface area contributed by atoms with Crippen molar-refractivity contribution in [3.05, 3.63) is 47.5 Å². The number of benzene rings is 1. The van der Waals surface area contributed by atoms with E-state index < -0.39 is 0 Å². The topological polar surface area (TPSA) is 70.6 Å². The van der Waals surface area contributed by atoms with Crippen LogP contribution >= 0.6 is 0 Å². The number of anilines is 2. The van der Waals surface area contributed by atoms with Gasteiger partial charge in [-0.2, -0.15) is 0 Å². The lowest BCUT2D eigenvalue weighted by atomic mass is 10.2. The van der Waals surface area contributed by atoms with Gasteiger partial charge in [0.1, 0.15) is 11.5 Å². The number of piperazine rings is 1. The molecular formula is C19H24FN5O2. The second-order valence-corrected chi connectivity index (χ2v) is 6.37. The largest absolute Gasteiger partial charge is 0.383 e. The highest BCUT2D eigenvalue weighted by Crippen LogP contribution is 2.21. The first kappa shape index (κ1) is 19.0. The zero-order valence-electron chi connectivity index (χ0n) is 15.6. The SMILES string of the molecule is COCCNC(=O)c1cc(C)nc(N2CCN(c3ccccc3F)CC2)n1. The Labute approximate surface area is 158 Å². The minimum atomic E-state index is -0.246. The van der Waals surface area contributed by atoms with E-state index in [0.717, 1.165) is 5.69 Å². The second kappa shape index (κ2) is 8.77. The molecule has 144 valence electrons. The summed E-state index contributed by atoms with van der Waals surface area (Å²) in [7, 11) is 1.58. The molecule has 2 aromatic rings. The average Bonchev–Trinajstić information content (AvgIpc) is 2.68. The van der Waals surface area contributed by atoms with E-state index in [0.29, 0.717) is 56.7 Å². The molecule has 1 amide bonds. The van der Waals surface area contributed by atoms with E-state index in [4.69, 9.17) is 4.74 Å². The summed E-state index contributed by atoms with van der Waals surface area (Å²) in [5.74, 6) is 0.0663. The molecule has 3 rings (SSSR count). The monoisotopic (exact) mass is 373 g/mol. The maximum absolute atomic E-state index is 14.0. The minimum Gasteiger partial charge on any atom is -0.383 e. The number of amides is 1. The van der Waals surface area contributed by atoms with Crippen molar-refractivity contribution < 1.29 is 13.9 Å². The number of carbonyl (C=O) groups is 1. The Morgan fingerprint density at radius 1 is 1.19 bits per heavy atom. The smallest absolute Gasteiger partial charge is 0.270 e. The fraction of sp³-hybridized carbons (Fsp3) is 0.421. The van der Waals surface area contributed by atoms with E-state index in [1.165, 1.54) is 6.07 Å². The molecule has 8 heteroatoms. The van der Waals surface area contributed by atoms with Gasteiger partial charge in [-0.25, -0.2) is 14.4 Å². The summed E-state index contributed by atoms with van der Waals surface area (Å²) in [6.45, 7) is 5.34. The quantitative estimate of drug-likeness (QED) is 0.776. The molecule has 2 heterocycles. The fourth-order valence-electron chi connectivity index (χ4n) is 3.02. The van der Waals surface area contributed by atoms with Gasteiger partial charge in [0.25, 0.3) is 5.91 Å². The zero-order chi connectivity index (χ0) is 19.2. The standard InChI is InChI=1S/C19H24FN5O2/c1-14-13-16(18(26)21-7-12-27-2)23-19(22-14)25-10-8-24(9-11-25)17-6-4-3-5-15(17)20/h3-6,13H,7-12H2,1-2H3,(H,21,26). The van der Waals surface area contributed by atoms with E-state index in [1.54, 1.807) is 25.3 Å². The van der Waals surface area contributed by atoms with Crippen LogP contribution < -0.4 is 15.1 Å². The van der Waals surface area contributed by atoms with Crippen molar-refractivity contribution in [2.24, 2.45) is 0 Å². The summed E-state index contributed by atoms with van der Waals surface area (Å²) in [4.78, 5) is 25.2. The molecular weight excluding hydrogens is 349 g/mol. The predicted octanol–water partition coefficient (Wildman–Crippen LogP) is 1.63. The van der Waals surface area contributed by atoms with Gasteiger partial charge in [-0.1, -0.05) is 12.1 Å². The maximum atomic E-state index is 14.0. The van der Waals surface area contributed by atoms with Crippen LogP contribution in [-0.2, 0) is 4.74 Å². The highest BCUT2D eigenvalue weighted by atomic mass is 19.1. The Balaban J connectivity index is 1.67. The number of hydrogen-bond acceptors (Lipinski definition) is 6. The third-order valence-electron chi connectivity index (χ3n) is 4.42. The van der Waals surface area contributed by atoms with Crippen molar-refractivity contribution in [3.8, 4) is 0 Å². The Bertz CT molecular complexity index is 793. The Hall–Kier alpha value is -2.74. The van der Waals surface area contributed by atoms with Crippen LogP contribution in [0.25, 0.3) is 0 Å². The summed E-state index contributed by atoms with van der Waals surface area (Å²) in [5, 5.41) is 2.77. The molecule has 0 atom stereocenters. The summed E-state index contributed by atoms with van der Waals surface area (Å²) >= 11 is 0. The first-order chi connectivity index (χ1) is 13.1. The van der Waals surface area contributed by atoms with Crippen LogP contribution in [0.4, 0.5) is 16.0 Å². The molecule has 1 aromatic carbocycles. The number of rotatable bonds is 6. The maximum Gasteiger partial charge on any atom is 0.270 e. The van der Waals surface area contributed by atoms with E-state index in [-0.39, 0.29) is 11.7 Å². The van der Waals surface area contributed by atoms with Gasteiger partial charge in [0.2, 0.25) is 5.95 Å². The normalized spacial score (nSPS) is 14.3. The lowest BCUT2D eigenvalue weighted by Crippen LogP contribution is -2.47. The van der Waals surface area contributed by atoms with Crippen molar-refractivity contribution in [3.63, 3.8) is 0 Å². The number of halogens is 1. The number of aryl methyl sites for hydroxylation is 1. The molecule has 0 unspecified atom stereocenters. The Morgan fingerprint density at radius 3 is 2.59 bits per heavy atom. The lowest BCUT2D eigenvalue weighted by Gasteiger charge is -2.36. The predicted molar refractivity (Wildman–Crippen MR) is 102 cm³/mol. The van der Waals surface area contributed by atoms with Crippen LogP contribution in [0.5, 0.6) is 0 Å². The fourth-order valence-corrected chi connectivity index (χ4v) is 3.02. The molecule has 0 bridgehead atoms. The van der Waals surface area contributed by atoms with E-state index in [9.17, 15) is 9.18 Å². The number of ether oxygens (including phenoxy) is 1. The molecule has 1 aromatic heterocycles. The molecule has 1 fully saturated rings. The molecule has 0 saturated carbocycles. The van der Waals surface area contributed by atoms with Crippen LogP contribution in [0.1, 0.15) is 16.2 Å². The third-order valence-corrected chi connectivity index (χ3v) is 4.42. The van der Waals surface area contributed by atoms with E-state index in [2.05, 4.69) is 15.3 Å². The van der Waals surface area contributed by atoms with E-state index in [1.807, 2.05) is 22.8 Å². The number of aromatic nitrogens is 2. The van der Waals surface area contributed by atoms with Crippen LogP contribution in [0, 0.1) is 12.7 Å². The van der Waals surface area contributed by atoms with Crippen molar-refractivity contribution in [2.75, 3.05) is 56.2 Å². The molecule has 0 radical (unpaired) electrons. The molecule has 0 spiro atoms. The minimum absolute atomic E-state index is 0.215. The van der Waals surface area contributed by atoms with Gasteiger partial charge < -0.3 is 19.9 Å². The number of para-hydroxylation sites is 1. The molecule has 1 N–H and O–H groups in total. The zero-order valence-corrected chi connectivity index (χ0v) is 15.6. The van der Waals surface area contributed by atoms with Gasteiger partial charge in [-0.15, -0.1) is 0 Å². The Kier molecular flexibility index (Phi) is 6.18. The van der Waals surface area contributed by atoms with Crippen molar-refractivity contribution >= 4 is 17.5 Å². The van der Waals surface area contributed by atoms with Crippen molar-refractivity contribution in [1.82, 2.24) is 15.3 Å². The van der Waals surface area contributed by atoms with Gasteiger partial charge in [0.15, 0.2) is 0 Å². The molecule has 7 nitrogen and oxygen atoms in total. The van der Waals surface area contributed by atoms with Gasteiger partial charge in [0, 0.05) is 45.5 Å². The summed E-state index contributed by atoms with van der Waals surface area (Å²) in [5.41, 5.74) is 1.68. The number of methoxy groups -OCH3 is 1. The van der Waals surface area contributed by atoms with Crippen LogP contribution in [-0.4, -0.2) is 62.3 Å². The van der Waals surface area contributed by atoms with Gasteiger partial charge in [-0.3, -0.25) is 4.79 Å². The third kappa shape index (κ3) is 4.71. The first-order valence-corrected chi connectivity index (χ1v) is 8.95. The first-order valence-electron chi connectivity index (χ1n) is 8.95. The molecule has 0 aliphatic carbocycles. The number of hydrogen-bond donors (Lipinski definition) is 1.